The molecule has 0 spiro atoms. The summed E-state index contributed by atoms with van der Waals surface area (Å²) in [5.41, 5.74) is 5.45. The van der Waals surface area contributed by atoms with Gasteiger partial charge in [0.05, 0.1) is 15.5 Å². The molecular formula is C10H10BrFN2O3. The first-order chi connectivity index (χ1) is 7.95. The first kappa shape index (κ1) is 13.6. The monoisotopic (exact) mass is 304 g/mol. The molecule has 0 bridgehead atoms. The summed E-state index contributed by atoms with van der Waals surface area (Å²) in [7, 11) is 0. The van der Waals surface area contributed by atoms with Crippen molar-refractivity contribution in [1.29, 1.82) is 0 Å². The molecule has 0 aliphatic rings. The molecule has 0 aromatic heterocycles. The fourth-order valence-corrected chi connectivity index (χ4v) is 1.59. The van der Waals surface area contributed by atoms with Gasteiger partial charge in [-0.3, -0.25) is 10.1 Å². The fourth-order valence-electron chi connectivity index (χ4n) is 1.06. The maximum atomic E-state index is 13.0. The normalized spacial score (nSPS) is 10.1. The van der Waals surface area contributed by atoms with E-state index in [-0.39, 0.29) is 23.4 Å². The zero-order chi connectivity index (χ0) is 13.0. The lowest BCUT2D eigenvalue weighted by molar-refractivity contribution is -0.386. The number of nitrogens with two attached hydrogens (primary N) is 1. The Bertz CT molecular complexity index is 465. The lowest BCUT2D eigenvalue weighted by atomic mass is 10.3. The Kier molecular flexibility index (Phi) is 4.59. The third kappa shape index (κ3) is 3.50. The van der Waals surface area contributed by atoms with Crippen molar-refractivity contribution in [3.05, 3.63) is 44.7 Å². The number of nitrogens with zero attached hydrogens (tertiary/aromatic N) is 1. The third-order valence-electron chi connectivity index (χ3n) is 1.89. The molecule has 1 aromatic carbocycles. The average Bonchev–Trinajstić information content (AvgIpc) is 2.26. The zero-order valence-electron chi connectivity index (χ0n) is 8.78. The molecule has 5 nitrogen and oxygen atoms in total. The number of hydrogen-bond acceptors (Lipinski definition) is 4. The van der Waals surface area contributed by atoms with Crippen molar-refractivity contribution in [2.75, 3.05) is 13.2 Å². The van der Waals surface area contributed by atoms with Gasteiger partial charge in [0.15, 0.2) is 0 Å². The molecule has 0 radical (unpaired) electrons. The molecule has 17 heavy (non-hydrogen) atoms. The van der Waals surface area contributed by atoms with E-state index in [4.69, 9.17) is 10.5 Å². The van der Waals surface area contributed by atoms with E-state index >= 15 is 0 Å². The molecule has 2 N–H and O–H groups in total. The van der Waals surface area contributed by atoms with Crippen LogP contribution in [0.4, 0.5) is 10.1 Å². The quantitative estimate of drug-likeness (QED) is 0.514. The van der Waals surface area contributed by atoms with Crippen LogP contribution < -0.4 is 10.5 Å². The van der Waals surface area contributed by atoms with Crippen LogP contribution in [0.15, 0.2) is 28.8 Å². The maximum absolute atomic E-state index is 13.0. The number of benzene rings is 1. The van der Waals surface area contributed by atoms with Gasteiger partial charge in [-0.05, 0) is 27.6 Å². The smallest absolute Gasteiger partial charge is 0.315 e. The van der Waals surface area contributed by atoms with Crippen LogP contribution in [0.2, 0.25) is 0 Å². The number of nitro benzene ring substituents is 1. The van der Waals surface area contributed by atoms with Crippen molar-refractivity contribution in [1.82, 2.24) is 0 Å². The van der Waals surface area contributed by atoms with E-state index in [1.807, 2.05) is 0 Å². The number of rotatable bonds is 5. The Morgan fingerprint density at radius 1 is 1.65 bits per heavy atom. The molecule has 7 heteroatoms. The Hall–Kier alpha value is -1.47. The van der Waals surface area contributed by atoms with Crippen LogP contribution in [-0.4, -0.2) is 18.1 Å². The molecule has 0 saturated carbocycles. The SMILES string of the molecule is C=C(CN)COc1c(Br)cc(F)cc1[N+](=O)[O-]. The van der Waals surface area contributed by atoms with Crippen LogP contribution in [0.25, 0.3) is 0 Å². The summed E-state index contributed by atoms with van der Waals surface area (Å²) in [5.74, 6) is -0.750. The summed E-state index contributed by atoms with van der Waals surface area (Å²) in [4.78, 5) is 10.0. The standard InChI is InChI=1S/C10H10BrFN2O3/c1-6(4-13)5-17-10-8(11)2-7(12)3-9(10)14(15)16/h2-3H,1,4-5,13H2. The van der Waals surface area contributed by atoms with E-state index in [1.54, 1.807) is 0 Å². The molecule has 0 aliphatic carbocycles. The molecule has 0 unspecified atom stereocenters. The predicted molar refractivity (Wildman–Crippen MR) is 64.4 cm³/mol. The molecule has 0 amide bonds. The van der Waals surface area contributed by atoms with Crippen molar-refractivity contribution in [2.24, 2.45) is 5.73 Å². The van der Waals surface area contributed by atoms with Crippen LogP contribution in [0.1, 0.15) is 0 Å². The largest absolute Gasteiger partial charge is 0.481 e. The average molecular weight is 305 g/mol. The summed E-state index contributed by atoms with van der Waals surface area (Å²) in [5, 5.41) is 10.7. The molecule has 0 saturated heterocycles. The van der Waals surface area contributed by atoms with Gasteiger partial charge in [-0.25, -0.2) is 4.39 Å². The Balaban J connectivity index is 3.04. The minimum Gasteiger partial charge on any atom is -0.481 e. The molecule has 92 valence electrons. The predicted octanol–water partition coefficient (Wildman–Crippen LogP) is 2.39. The van der Waals surface area contributed by atoms with Crippen LogP contribution >= 0.6 is 15.9 Å². The molecule has 0 aliphatic heterocycles. The van der Waals surface area contributed by atoms with Crippen molar-refractivity contribution < 1.29 is 14.1 Å². The summed E-state index contributed by atoms with van der Waals surface area (Å²) < 4.78 is 18.4. The van der Waals surface area contributed by atoms with Gasteiger partial charge in [0, 0.05) is 6.54 Å². The highest BCUT2D eigenvalue weighted by Gasteiger charge is 2.20. The molecule has 0 fully saturated rings. The van der Waals surface area contributed by atoms with Gasteiger partial charge in [0.2, 0.25) is 5.75 Å². The summed E-state index contributed by atoms with van der Waals surface area (Å²) in [6.45, 7) is 3.86. The van der Waals surface area contributed by atoms with Crippen LogP contribution in [0.5, 0.6) is 5.75 Å². The Morgan fingerprint density at radius 3 is 2.82 bits per heavy atom. The van der Waals surface area contributed by atoms with Gasteiger partial charge in [-0.1, -0.05) is 6.58 Å². The molecule has 0 atom stereocenters. The molecule has 0 heterocycles. The highest BCUT2D eigenvalue weighted by molar-refractivity contribution is 9.10. The second kappa shape index (κ2) is 5.74. The maximum Gasteiger partial charge on any atom is 0.315 e. The summed E-state index contributed by atoms with van der Waals surface area (Å²) >= 11 is 3.01. The van der Waals surface area contributed by atoms with Crippen molar-refractivity contribution >= 4 is 21.6 Å². The van der Waals surface area contributed by atoms with E-state index in [9.17, 15) is 14.5 Å². The lowest BCUT2D eigenvalue weighted by Crippen LogP contribution is -2.11. The second-order valence-electron chi connectivity index (χ2n) is 3.24. The minimum absolute atomic E-state index is 0.0361. The first-order valence-electron chi connectivity index (χ1n) is 4.58. The summed E-state index contributed by atoms with van der Waals surface area (Å²) in [6.07, 6.45) is 0. The first-order valence-corrected chi connectivity index (χ1v) is 5.38. The highest BCUT2D eigenvalue weighted by Crippen LogP contribution is 2.36. The lowest BCUT2D eigenvalue weighted by Gasteiger charge is -2.09. The van der Waals surface area contributed by atoms with E-state index in [0.717, 1.165) is 12.1 Å². The van der Waals surface area contributed by atoms with E-state index < -0.39 is 16.4 Å². The van der Waals surface area contributed by atoms with Gasteiger partial charge in [-0.15, -0.1) is 0 Å². The number of halogens is 2. The Labute approximate surface area is 105 Å². The van der Waals surface area contributed by atoms with Crippen molar-refractivity contribution in [3.63, 3.8) is 0 Å². The van der Waals surface area contributed by atoms with Gasteiger partial charge in [-0.2, -0.15) is 0 Å². The zero-order valence-corrected chi connectivity index (χ0v) is 10.4. The molecule has 1 aromatic rings. The third-order valence-corrected chi connectivity index (χ3v) is 2.48. The van der Waals surface area contributed by atoms with Gasteiger partial charge >= 0.3 is 5.69 Å². The van der Waals surface area contributed by atoms with Crippen LogP contribution in [-0.2, 0) is 0 Å². The minimum atomic E-state index is -0.714. The highest BCUT2D eigenvalue weighted by atomic mass is 79.9. The van der Waals surface area contributed by atoms with Gasteiger partial charge in [0.1, 0.15) is 12.4 Å². The van der Waals surface area contributed by atoms with Gasteiger partial charge in [0.25, 0.3) is 0 Å². The van der Waals surface area contributed by atoms with Crippen molar-refractivity contribution in [2.45, 2.75) is 0 Å². The fraction of sp³-hybridized carbons (Fsp3) is 0.200. The van der Waals surface area contributed by atoms with Crippen LogP contribution in [0.3, 0.4) is 0 Å². The number of hydrogen-bond donors (Lipinski definition) is 1. The Morgan fingerprint density at radius 2 is 2.29 bits per heavy atom. The second-order valence-corrected chi connectivity index (χ2v) is 4.09. The van der Waals surface area contributed by atoms with E-state index in [0.29, 0.717) is 5.57 Å². The van der Waals surface area contributed by atoms with E-state index in [2.05, 4.69) is 22.5 Å². The van der Waals surface area contributed by atoms with Gasteiger partial charge < -0.3 is 10.5 Å². The van der Waals surface area contributed by atoms with E-state index in [1.165, 1.54) is 0 Å². The molecular weight excluding hydrogens is 295 g/mol. The van der Waals surface area contributed by atoms with Crippen LogP contribution in [0, 0.1) is 15.9 Å². The van der Waals surface area contributed by atoms with Crippen molar-refractivity contribution in [3.8, 4) is 5.75 Å². The number of nitro groups is 1. The number of ether oxygens (including phenoxy) is 1. The summed E-state index contributed by atoms with van der Waals surface area (Å²) in [6, 6.07) is 1.89. The topological polar surface area (TPSA) is 78.4 Å². The molecule has 1 rings (SSSR count).